The number of carbonyl (C=O) groups is 1. The Morgan fingerprint density at radius 3 is 2.14 bits per heavy atom. The maximum absolute atomic E-state index is 11.5. The van der Waals surface area contributed by atoms with Crippen molar-refractivity contribution < 1.29 is 24.1 Å². The normalized spacial score (nSPS) is 15.3. The van der Waals surface area contributed by atoms with Crippen molar-refractivity contribution >= 4 is 29.2 Å². The summed E-state index contributed by atoms with van der Waals surface area (Å²) in [5.74, 6) is 0.527. The molecule has 4 rings (SSSR count). The number of carboxylic acid groups (broad SMARTS) is 1. The minimum absolute atomic E-state index is 0.208. The monoisotopic (exact) mass is 529 g/mol. The minimum atomic E-state index is -0.746. The fraction of sp³-hybridized carbons (Fsp3) is 0.321. The number of piperidine rings is 1. The molecule has 3 aromatic carbocycles. The van der Waals surface area contributed by atoms with Gasteiger partial charge in [-0.1, -0.05) is 59.6 Å². The van der Waals surface area contributed by atoms with Crippen molar-refractivity contribution in [2.45, 2.75) is 25.5 Å². The number of likely N-dealkylation sites (tertiary alicyclic amines) is 1. The molecule has 0 amide bonds. The summed E-state index contributed by atoms with van der Waals surface area (Å²) in [4.78, 5) is 13.8. The highest BCUT2D eigenvalue weighted by Crippen LogP contribution is 2.44. The Bertz CT molecular complexity index is 1170. The van der Waals surface area contributed by atoms with E-state index in [-0.39, 0.29) is 12.0 Å². The van der Waals surface area contributed by atoms with Gasteiger partial charge < -0.3 is 19.3 Å². The Labute approximate surface area is 221 Å². The number of halogens is 2. The smallest absolute Gasteiger partial charge is 0.306 e. The second-order valence-corrected chi connectivity index (χ2v) is 9.57. The van der Waals surface area contributed by atoms with Crippen LogP contribution in [-0.4, -0.2) is 43.3 Å². The topological polar surface area (TPSA) is 68.2 Å². The molecule has 1 N–H and O–H groups in total. The van der Waals surface area contributed by atoms with Crippen molar-refractivity contribution in [2.24, 2.45) is 5.92 Å². The van der Waals surface area contributed by atoms with Gasteiger partial charge in [0, 0.05) is 0 Å². The van der Waals surface area contributed by atoms with Gasteiger partial charge in [0.15, 0.2) is 11.5 Å². The summed E-state index contributed by atoms with van der Waals surface area (Å²) >= 11 is 12.6. The van der Waals surface area contributed by atoms with Gasteiger partial charge >= 0.3 is 5.97 Å². The van der Waals surface area contributed by atoms with Gasteiger partial charge in [-0.25, -0.2) is 0 Å². The molecule has 0 aromatic heterocycles. The zero-order valence-corrected chi connectivity index (χ0v) is 21.8. The molecule has 0 spiro atoms. The lowest BCUT2D eigenvalue weighted by molar-refractivity contribution is -0.143. The third-order valence-electron chi connectivity index (χ3n) is 6.53. The lowest BCUT2D eigenvalue weighted by Gasteiger charge is -2.37. The maximum atomic E-state index is 11.5. The lowest BCUT2D eigenvalue weighted by Crippen LogP contribution is -2.39. The fourth-order valence-electron chi connectivity index (χ4n) is 4.63. The van der Waals surface area contributed by atoms with E-state index in [1.165, 1.54) is 0 Å². The van der Waals surface area contributed by atoms with E-state index >= 15 is 0 Å². The molecule has 1 aliphatic rings. The summed E-state index contributed by atoms with van der Waals surface area (Å²) < 4.78 is 17.6. The number of rotatable bonds is 9. The Morgan fingerprint density at radius 2 is 1.58 bits per heavy atom. The van der Waals surface area contributed by atoms with Gasteiger partial charge in [0.25, 0.3) is 0 Å². The largest absolute Gasteiger partial charge is 0.493 e. The van der Waals surface area contributed by atoms with Crippen LogP contribution in [0.15, 0.2) is 60.7 Å². The van der Waals surface area contributed by atoms with Crippen molar-refractivity contribution in [3.8, 4) is 17.2 Å². The molecule has 0 radical (unpaired) electrons. The van der Waals surface area contributed by atoms with Crippen molar-refractivity contribution in [2.75, 3.05) is 27.3 Å². The number of ether oxygens (including phenoxy) is 3. The molecule has 36 heavy (non-hydrogen) atoms. The van der Waals surface area contributed by atoms with Gasteiger partial charge in [0.05, 0.1) is 36.2 Å². The summed E-state index contributed by atoms with van der Waals surface area (Å²) in [7, 11) is 3.20. The number of hydrogen-bond acceptors (Lipinski definition) is 5. The zero-order chi connectivity index (χ0) is 25.7. The first-order valence-corrected chi connectivity index (χ1v) is 12.5. The van der Waals surface area contributed by atoms with Crippen LogP contribution in [0, 0.1) is 5.92 Å². The SMILES string of the molecule is COc1cc(C(c2ccc(Cl)c(Cl)c2)N2CCC(C(=O)O)CC2)cc(OC)c1OCc1ccccc1. The standard InChI is InChI=1S/C28H29Cl2NO5/c1-34-24-15-21(16-25(35-2)27(24)36-17-18-6-4-3-5-7-18)26(20-8-9-22(29)23(30)14-20)31-12-10-19(11-13-31)28(32)33/h3-9,14-16,19,26H,10-13,17H2,1-2H3,(H,32,33). The highest BCUT2D eigenvalue weighted by molar-refractivity contribution is 6.42. The Kier molecular flexibility index (Phi) is 8.62. The van der Waals surface area contributed by atoms with Crippen molar-refractivity contribution in [1.82, 2.24) is 4.90 Å². The third kappa shape index (κ3) is 5.89. The average molecular weight is 530 g/mol. The van der Waals surface area contributed by atoms with Gasteiger partial charge in [-0.3, -0.25) is 9.69 Å². The molecule has 1 atom stereocenters. The number of methoxy groups -OCH3 is 2. The number of benzene rings is 3. The van der Waals surface area contributed by atoms with Gasteiger partial charge in [-0.05, 0) is 66.9 Å². The van der Waals surface area contributed by atoms with Gasteiger partial charge in [-0.15, -0.1) is 0 Å². The summed E-state index contributed by atoms with van der Waals surface area (Å²) in [6.45, 7) is 1.61. The first-order chi connectivity index (χ1) is 17.4. The molecule has 6 nitrogen and oxygen atoms in total. The van der Waals surface area contributed by atoms with E-state index in [0.29, 0.717) is 59.8 Å². The number of carboxylic acids is 1. The average Bonchev–Trinajstić information content (AvgIpc) is 2.90. The molecule has 0 aliphatic carbocycles. The molecule has 190 valence electrons. The zero-order valence-electron chi connectivity index (χ0n) is 20.2. The third-order valence-corrected chi connectivity index (χ3v) is 7.27. The van der Waals surface area contributed by atoms with Crippen LogP contribution in [0.1, 0.15) is 35.6 Å². The summed E-state index contributed by atoms with van der Waals surface area (Å²) in [6, 6.07) is 19.1. The van der Waals surface area contributed by atoms with Crippen LogP contribution in [0.5, 0.6) is 17.2 Å². The second kappa shape index (κ2) is 11.9. The molecule has 1 aliphatic heterocycles. The van der Waals surface area contributed by atoms with E-state index in [4.69, 9.17) is 37.4 Å². The van der Waals surface area contributed by atoms with Crippen LogP contribution in [0.3, 0.4) is 0 Å². The summed E-state index contributed by atoms with van der Waals surface area (Å²) in [6.07, 6.45) is 1.14. The van der Waals surface area contributed by atoms with Crippen molar-refractivity contribution in [3.63, 3.8) is 0 Å². The maximum Gasteiger partial charge on any atom is 0.306 e. The molecule has 1 heterocycles. The molecular weight excluding hydrogens is 501 g/mol. The van der Waals surface area contributed by atoms with Crippen LogP contribution >= 0.6 is 23.2 Å². The van der Waals surface area contributed by atoms with Crippen LogP contribution in [0.25, 0.3) is 0 Å². The second-order valence-electron chi connectivity index (χ2n) is 8.75. The molecule has 0 saturated carbocycles. The number of nitrogens with zero attached hydrogens (tertiary/aromatic N) is 1. The fourth-order valence-corrected chi connectivity index (χ4v) is 4.94. The van der Waals surface area contributed by atoms with E-state index in [2.05, 4.69) is 4.90 Å². The van der Waals surface area contributed by atoms with Crippen LogP contribution in [0.4, 0.5) is 0 Å². The highest BCUT2D eigenvalue weighted by atomic mass is 35.5. The molecule has 1 saturated heterocycles. The lowest BCUT2D eigenvalue weighted by atomic mass is 9.91. The molecule has 1 unspecified atom stereocenters. The molecular formula is C28H29Cl2NO5. The van der Waals surface area contributed by atoms with E-state index in [0.717, 1.165) is 16.7 Å². The molecule has 0 bridgehead atoms. The Balaban J connectivity index is 1.72. The molecule has 1 fully saturated rings. The minimum Gasteiger partial charge on any atom is -0.493 e. The predicted molar refractivity (Wildman–Crippen MR) is 141 cm³/mol. The van der Waals surface area contributed by atoms with E-state index in [9.17, 15) is 9.90 Å². The van der Waals surface area contributed by atoms with Crippen molar-refractivity contribution in [3.05, 3.63) is 87.4 Å². The molecule has 3 aromatic rings. The van der Waals surface area contributed by atoms with Crippen molar-refractivity contribution in [1.29, 1.82) is 0 Å². The van der Waals surface area contributed by atoms with Gasteiger partial charge in [-0.2, -0.15) is 0 Å². The number of hydrogen-bond donors (Lipinski definition) is 1. The first kappa shape index (κ1) is 26.1. The van der Waals surface area contributed by atoms with E-state index < -0.39 is 5.97 Å². The number of aliphatic carboxylic acids is 1. The van der Waals surface area contributed by atoms with E-state index in [1.54, 1.807) is 20.3 Å². The summed E-state index contributed by atoms with van der Waals surface area (Å²) in [5.41, 5.74) is 2.89. The quantitative estimate of drug-likeness (QED) is 0.342. The highest BCUT2D eigenvalue weighted by Gasteiger charge is 2.31. The van der Waals surface area contributed by atoms with E-state index in [1.807, 2.05) is 54.6 Å². The predicted octanol–water partition coefficient (Wildman–Crippen LogP) is 6.48. The van der Waals surface area contributed by atoms with Gasteiger partial charge in [0.1, 0.15) is 6.61 Å². The van der Waals surface area contributed by atoms with Gasteiger partial charge in [0.2, 0.25) is 5.75 Å². The van der Waals surface area contributed by atoms with Crippen LogP contribution in [-0.2, 0) is 11.4 Å². The van der Waals surface area contributed by atoms with Crippen LogP contribution in [0.2, 0.25) is 10.0 Å². The first-order valence-electron chi connectivity index (χ1n) is 11.8. The Hall–Kier alpha value is -2.93. The molecule has 8 heteroatoms. The Morgan fingerprint density at radius 1 is 0.944 bits per heavy atom. The van der Waals surface area contributed by atoms with Crippen LogP contribution < -0.4 is 14.2 Å². The summed E-state index contributed by atoms with van der Waals surface area (Å²) in [5, 5.41) is 10.4.